The number of nitrogens with one attached hydrogen (secondary N) is 1. The minimum Gasteiger partial charge on any atom is -0.324 e. The number of non-ortho nitro benzene ring substituents is 1. The van der Waals surface area contributed by atoms with Gasteiger partial charge < -0.3 is 5.43 Å². The van der Waals surface area contributed by atoms with Crippen molar-refractivity contribution in [3.63, 3.8) is 0 Å². The molecular formula is C11H12N4O2S2. The topological polar surface area (TPSA) is 94.1 Å². The Balaban J connectivity index is 2.17. The average molecular weight is 296 g/mol. The van der Waals surface area contributed by atoms with Crippen LogP contribution in [0.4, 0.5) is 11.4 Å². The minimum atomic E-state index is -0.415. The summed E-state index contributed by atoms with van der Waals surface area (Å²) < 4.78 is 0.937. The SMILES string of the molecule is Cc1csc(SCc2cc([N+](=O)[O-])ccc2NN)n1. The van der Waals surface area contributed by atoms with Crippen molar-refractivity contribution in [2.45, 2.75) is 17.0 Å². The summed E-state index contributed by atoms with van der Waals surface area (Å²) in [4.78, 5) is 14.7. The van der Waals surface area contributed by atoms with Gasteiger partial charge in [0.2, 0.25) is 0 Å². The lowest BCUT2D eigenvalue weighted by Gasteiger charge is -2.07. The fourth-order valence-electron chi connectivity index (χ4n) is 1.49. The highest BCUT2D eigenvalue weighted by Crippen LogP contribution is 2.30. The Kier molecular flexibility index (Phi) is 4.35. The summed E-state index contributed by atoms with van der Waals surface area (Å²) in [5, 5.41) is 12.7. The third-order valence-electron chi connectivity index (χ3n) is 2.40. The quantitative estimate of drug-likeness (QED) is 0.381. The highest BCUT2D eigenvalue weighted by Gasteiger charge is 2.11. The lowest BCUT2D eigenvalue weighted by atomic mass is 10.2. The Morgan fingerprint density at radius 2 is 2.37 bits per heavy atom. The van der Waals surface area contributed by atoms with Crippen molar-refractivity contribution in [2.24, 2.45) is 5.84 Å². The molecule has 0 saturated heterocycles. The van der Waals surface area contributed by atoms with Crippen molar-refractivity contribution in [1.29, 1.82) is 0 Å². The number of nitro benzene ring substituents is 1. The number of anilines is 1. The molecule has 0 unspecified atom stereocenters. The number of hydrogen-bond donors (Lipinski definition) is 2. The number of rotatable bonds is 5. The van der Waals surface area contributed by atoms with Crippen molar-refractivity contribution in [1.82, 2.24) is 4.98 Å². The number of aromatic nitrogens is 1. The van der Waals surface area contributed by atoms with Gasteiger partial charge >= 0.3 is 0 Å². The van der Waals surface area contributed by atoms with Crippen LogP contribution < -0.4 is 11.3 Å². The van der Waals surface area contributed by atoms with Gasteiger partial charge in [0.1, 0.15) is 4.34 Å². The number of aryl methyl sites for hydroxylation is 1. The molecule has 0 atom stereocenters. The van der Waals surface area contributed by atoms with Gasteiger partial charge in [-0.15, -0.1) is 11.3 Å². The number of thiazole rings is 1. The minimum absolute atomic E-state index is 0.0601. The van der Waals surface area contributed by atoms with E-state index in [2.05, 4.69) is 10.4 Å². The molecule has 3 N–H and O–H groups in total. The van der Waals surface area contributed by atoms with Gasteiger partial charge in [-0.1, -0.05) is 11.8 Å². The molecule has 0 fully saturated rings. The molecule has 0 saturated carbocycles. The second kappa shape index (κ2) is 6.00. The highest BCUT2D eigenvalue weighted by atomic mass is 32.2. The van der Waals surface area contributed by atoms with Crippen LogP contribution in [0.15, 0.2) is 27.9 Å². The van der Waals surface area contributed by atoms with Crippen molar-refractivity contribution in [3.8, 4) is 0 Å². The molecule has 1 heterocycles. The molecule has 0 bridgehead atoms. The molecule has 6 nitrogen and oxygen atoms in total. The summed E-state index contributed by atoms with van der Waals surface area (Å²) in [6, 6.07) is 4.57. The molecule has 100 valence electrons. The largest absolute Gasteiger partial charge is 0.324 e. The van der Waals surface area contributed by atoms with E-state index in [0.717, 1.165) is 15.6 Å². The van der Waals surface area contributed by atoms with Crippen LogP contribution in [0, 0.1) is 17.0 Å². The van der Waals surface area contributed by atoms with Gasteiger partial charge in [0, 0.05) is 29.0 Å². The Labute approximate surface area is 118 Å². The van der Waals surface area contributed by atoms with Crippen LogP contribution in [0.5, 0.6) is 0 Å². The van der Waals surface area contributed by atoms with Crippen molar-refractivity contribution in [2.75, 3.05) is 5.43 Å². The Morgan fingerprint density at radius 3 is 2.95 bits per heavy atom. The second-order valence-corrected chi connectivity index (χ2v) is 5.87. The predicted molar refractivity (Wildman–Crippen MR) is 77.3 cm³/mol. The number of benzene rings is 1. The molecule has 0 aliphatic carbocycles. The third kappa shape index (κ3) is 3.43. The maximum Gasteiger partial charge on any atom is 0.269 e. The summed E-state index contributed by atoms with van der Waals surface area (Å²) in [6.45, 7) is 1.93. The van der Waals surface area contributed by atoms with Crippen LogP contribution >= 0.6 is 23.1 Å². The van der Waals surface area contributed by atoms with E-state index < -0.39 is 4.92 Å². The van der Waals surface area contributed by atoms with Crippen LogP contribution in [0.2, 0.25) is 0 Å². The molecule has 2 aromatic rings. The molecule has 0 spiro atoms. The van der Waals surface area contributed by atoms with E-state index in [1.165, 1.54) is 23.9 Å². The van der Waals surface area contributed by atoms with Gasteiger partial charge in [-0.2, -0.15) is 0 Å². The van der Waals surface area contributed by atoms with E-state index in [0.29, 0.717) is 11.4 Å². The average Bonchev–Trinajstić information content (AvgIpc) is 2.81. The first-order valence-electron chi connectivity index (χ1n) is 5.39. The summed E-state index contributed by atoms with van der Waals surface area (Å²) in [5.41, 5.74) is 5.06. The molecule has 8 heteroatoms. The summed E-state index contributed by atoms with van der Waals surface area (Å²) in [6.07, 6.45) is 0. The van der Waals surface area contributed by atoms with Gasteiger partial charge in [0.25, 0.3) is 5.69 Å². The van der Waals surface area contributed by atoms with Gasteiger partial charge in [-0.25, -0.2) is 4.98 Å². The summed E-state index contributed by atoms with van der Waals surface area (Å²) >= 11 is 3.09. The van der Waals surface area contributed by atoms with E-state index >= 15 is 0 Å². The molecule has 2 rings (SSSR count). The van der Waals surface area contributed by atoms with Crippen LogP contribution in [-0.2, 0) is 5.75 Å². The van der Waals surface area contributed by atoms with Crippen LogP contribution in [-0.4, -0.2) is 9.91 Å². The highest BCUT2D eigenvalue weighted by molar-refractivity contribution is 8.00. The zero-order valence-electron chi connectivity index (χ0n) is 10.1. The molecule has 0 amide bonds. The van der Waals surface area contributed by atoms with Crippen molar-refractivity contribution in [3.05, 3.63) is 45.0 Å². The van der Waals surface area contributed by atoms with Gasteiger partial charge in [-0.05, 0) is 18.6 Å². The van der Waals surface area contributed by atoms with Gasteiger partial charge in [-0.3, -0.25) is 16.0 Å². The zero-order valence-corrected chi connectivity index (χ0v) is 11.8. The fraction of sp³-hybridized carbons (Fsp3) is 0.182. The van der Waals surface area contributed by atoms with E-state index in [4.69, 9.17) is 5.84 Å². The first-order chi connectivity index (χ1) is 9.10. The number of nitrogen functional groups attached to an aromatic ring is 1. The lowest BCUT2D eigenvalue weighted by Crippen LogP contribution is -2.09. The third-order valence-corrected chi connectivity index (χ3v) is 4.59. The molecule has 1 aromatic carbocycles. The Hall–Kier alpha value is -1.64. The van der Waals surface area contributed by atoms with E-state index in [1.807, 2.05) is 12.3 Å². The van der Waals surface area contributed by atoms with E-state index in [-0.39, 0.29) is 5.69 Å². The van der Waals surface area contributed by atoms with Gasteiger partial charge in [0.05, 0.1) is 10.6 Å². The van der Waals surface area contributed by atoms with Gasteiger partial charge in [0.15, 0.2) is 0 Å². The maximum absolute atomic E-state index is 10.8. The normalized spacial score (nSPS) is 10.4. The molecule has 1 aromatic heterocycles. The van der Waals surface area contributed by atoms with Crippen LogP contribution in [0.25, 0.3) is 0 Å². The number of nitrogens with two attached hydrogens (primary N) is 1. The number of nitro groups is 1. The first-order valence-corrected chi connectivity index (χ1v) is 7.25. The summed E-state index contributed by atoms with van der Waals surface area (Å²) in [5.74, 6) is 5.99. The lowest BCUT2D eigenvalue weighted by molar-refractivity contribution is -0.384. The molecule has 0 aliphatic rings. The maximum atomic E-state index is 10.8. The molecular weight excluding hydrogens is 284 g/mol. The monoisotopic (exact) mass is 296 g/mol. The second-order valence-electron chi connectivity index (χ2n) is 3.79. The standard InChI is InChI=1S/C11H12N4O2S2/c1-7-5-18-11(13-7)19-6-8-4-9(15(16)17)2-3-10(8)14-12/h2-5,14H,6,12H2,1H3. The predicted octanol–water partition coefficient (Wildman–Crippen LogP) is 2.94. The van der Waals surface area contributed by atoms with E-state index in [1.54, 1.807) is 17.4 Å². The number of nitrogens with zero attached hydrogens (tertiary/aromatic N) is 2. The smallest absolute Gasteiger partial charge is 0.269 e. The number of hydrazine groups is 1. The first kappa shape index (κ1) is 13.8. The molecule has 19 heavy (non-hydrogen) atoms. The molecule has 0 aliphatic heterocycles. The Bertz CT molecular complexity index is 600. The summed E-state index contributed by atoms with van der Waals surface area (Å²) in [7, 11) is 0. The zero-order chi connectivity index (χ0) is 13.8. The van der Waals surface area contributed by atoms with Crippen molar-refractivity contribution >= 4 is 34.5 Å². The number of hydrogen-bond acceptors (Lipinski definition) is 7. The molecule has 0 radical (unpaired) electrons. The van der Waals surface area contributed by atoms with Crippen LogP contribution in [0.1, 0.15) is 11.3 Å². The van der Waals surface area contributed by atoms with E-state index in [9.17, 15) is 10.1 Å². The number of thioether (sulfide) groups is 1. The van der Waals surface area contributed by atoms with Crippen molar-refractivity contribution < 1.29 is 4.92 Å². The Morgan fingerprint density at radius 1 is 1.58 bits per heavy atom. The van der Waals surface area contributed by atoms with Crippen LogP contribution in [0.3, 0.4) is 0 Å². The fourth-order valence-corrected chi connectivity index (χ4v) is 3.33.